The summed E-state index contributed by atoms with van der Waals surface area (Å²) in [6, 6.07) is 6.64. The number of benzene rings is 1. The molecule has 2 saturated heterocycles. The van der Waals surface area contributed by atoms with Crippen molar-refractivity contribution in [1.29, 1.82) is 0 Å². The molecule has 6 rings (SSSR count). The Balaban J connectivity index is 1.12. The Morgan fingerprint density at radius 3 is 2.63 bits per heavy atom. The van der Waals surface area contributed by atoms with Crippen molar-refractivity contribution in [3.63, 3.8) is 0 Å². The Hall–Kier alpha value is -3.73. The smallest absolute Gasteiger partial charge is 0.315 e. The van der Waals surface area contributed by atoms with Gasteiger partial charge in [0.05, 0.1) is 5.39 Å². The van der Waals surface area contributed by atoms with E-state index in [2.05, 4.69) is 58.7 Å². The Bertz CT molecular complexity index is 1440. The number of carbonyl (C=O) groups is 1. The summed E-state index contributed by atoms with van der Waals surface area (Å²) in [5.74, 6) is 1.59. The minimum absolute atomic E-state index is 0.0233. The molecule has 200 valence electrons. The number of nitrogens with one attached hydrogen (secondary N) is 3. The molecular weight excluding hydrogens is 482 g/mol. The second kappa shape index (κ2) is 9.86. The topological polar surface area (TPSA) is 128 Å². The van der Waals surface area contributed by atoms with Gasteiger partial charge in [0.1, 0.15) is 17.8 Å². The lowest BCUT2D eigenvalue weighted by Gasteiger charge is -2.33. The normalized spacial score (nSPS) is 17.4. The molecule has 5 heterocycles. The molecule has 4 aromatic rings. The lowest BCUT2D eigenvalue weighted by Crippen LogP contribution is -2.43. The Morgan fingerprint density at radius 2 is 1.89 bits per heavy atom. The summed E-state index contributed by atoms with van der Waals surface area (Å²) in [7, 11) is 0. The highest BCUT2D eigenvalue weighted by Gasteiger charge is 2.26. The van der Waals surface area contributed by atoms with Crippen LogP contribution in [0.2, 0.25) is 0 Å². The molecule has 38 heavy (non-hydrogen) atoms. The van der Waals surface area contributed by atoms with Crippen molar-refractivity contribution in [1.82, 2.24) is 35.7 Å². The summed E-state index contributed by atoms with van der Waals surface area (Å²) in [4.78, 5) is 34.3. The van der Waals surface area contributed by atoms with Crippen molar-refractivity contribution in [2.24, 2.45) is 5.92 Å². The first-order valence-electron chi connectivity index (χ1n) is 13.5. The van der Waals surface area contributed by atoms with Crippen LogP contribution in [-0.4, -0.2) is 76.8 Å². The van der Waals surface area contributed by atoms with Gasteiger partial charge >= 0.3 is 11.8 Å². The van der Waals surface area contributed by atoms with E-state index in [0.717, 1.165) is 79.9 Å². The molecule has 2 aliphatic rings. The van der Waals surface area contributed by atoms with E-state index in [4.69, 9.17) is 9.51 Å². The molecule has 2 fully saturated rings. The van der Waals surface area contributed by atoms with Crippen LogP contribution in [0.4, 0.5) is 11.5 Å². The van der Waals surface area contributed by atoms with Crippen LogP contribution in [0.5, 0.6) is 0 Å². The number of nitrogens with zero attached hydrogens (tertiary/aromatic N) is 6. The van der Waals surface area contributed by atoms with Crippen molar-refractivity contribution < 1.29 is 9.32 Å². The predicted octanol–water partition coefficient (Wildman–Crippen LogP) is 2.85. The Labute approximate surface area is 221 Å². The van der Waals surface area contributed by atoms with Gasteiger partial charge in [-0.2, -0.15) is 4.98 Å². The number of piperidine rings is 1. The number of amides is 1. The summed E-state index contributed by atoms with van der Waals surface area (Å²) in [6.07, 6.45) is 3.56. The van der Waals surface area contributed by atoms with Crippen LogP contribution in [0.25, 0.3) is 21.9 Å². The standard InChI is InChI=1S/C27H35N9O2/c1-27(2,3)26-33-25(38-34-26)24(37)29-15-17-6-10-36(11-7-17)23-21-19-5-4-18(35-12-8-28-9-13-35)14-20(19)32-22(21)30-16-31-23/h4-5,14,16-17,28H,6-13,15H2,1-3H3,(H,29,37)(H,30,31,32). The SMILES string of the molecule is CC(C)(C)c1noc(C(=O)NCC2CCN(c3ncnc4[nH]c5cc(N6CCNCC6)ccc5c34)CC2)n1. The first-order chi connectivity index (χ1) is 18.4. The van der Waals surface area contributed by atoms with Gasteiger partial charge in [-0.05, 0) is 37.0 Å². The lowest BCUT2D eigenvalue weighted by atomic mass is 9.96. The average Bonchev–Trinajstić information content (AvgIpc) is 3.58. The number of piperazine rings is 1. The number of anilines is 2. The van der Waals surface area contributed by atoms with Crippen LogP contribution in [0.1, 0.15) is 50.1 Å². The van der Waals surface area contributed by atoms with Crippen molar-refractivity contribution >= 4 is 39.3 Å². The molecule has 2 aliphatic heterocycles. The molecule has 0 saturated carbocycles. The molecular formula is C27H35N9O2. The molecule has 0 bridgehead atoms. The number of hydrogen-bond acceptors (Lipinski definition) is 9. The number of aromatic nitrogens is 5. The maximum absolute atomic E-state index is 12.5. The third-order valence-electron chi connectivity index (χ3n) is 7.59. The highest BCUT2D eigenvalue weighted by Crippen LogP contribution is 2.34. The van der Waals surface area contributed by atoms with E-state index in [0.29, 0.717) is 18.3 Å². The van der Waals surface area contributed by atoms with Gasteiger partial charge < -0.3 is 29.9 Å². The molecule has 3 N–H and O–H groups in total. The fourth-order valence-electron chi connectivity index (χ4n) is 5.34. The van der Waals surface area contributed by atoms with Crippen LogP contribution < -0.4 is 20.4 Å². The van der Waals surface area contributed by atoms with Gasteiger partial charge in [-0.15, -0.1) is 0 Å². The zero-order chi connectivity index (χ0) is 26.3. The van der Waals surface area contributed by atoms with Gasteiger partial charge in [0.2, 0.25) is 0 Å². The highest BCUT2D eigenvalue weighted by atomic mass is 16.5. The summed E-state index contributed by atoms with van der Waals surface area (Å²) in [6.45, 7) is 12.3. The maximum atomic E-state index is 12.5. The Kier molecular flexibility index (Phi) is 6.38. The van der Waals surface area contributed by atoms with Crippen molar-refractivity contribution in [2.45, 2.75) is 39.0 Å². The molecule has 0 unspecified atom stereocenters. The van der Waals surface area contributed by atoms with Crippen LogP contribution in [-0.2, 0) is 5.41 Å². The number of H-pyrrole nitrogens is 1. The molecule has 11 heteroatoms. The van der Waals surface area contributed by atoms with Crippen LogP contribution >= 0.6 is 0 Å². The quantitative estimate of drug-likeness (QED) is 0.366. The van der Waals surface area contributed by atoms with Gasteiger partial charge in [-0.25, -0.2) is 9.97 Å². The van der Waals surface area contributed by atoms with Crippen LogP contribution in [0.15, 0.2) is 29.0 Å². The zero-order valence-corrected chi connectivity index (χ0v) is 22.3. The molecule has 11 nitrogen and oxygen atoms in total. The highest BCUT2D eigenvalue weighted by molar-refractivity contribution is 6.11. The van der Waals surface area contributed by atoms with Gasteiger partial charge in [0.15, 0.2) is 5.82 Å². The second-order valence-corrected chi connectivity index (χ2v) is 11.3. The molecule has 1 aromatic carbocycles. The average molecular weight is 518 g/mol. The first kappa shape index (κ1) is 24.6. The van der Waals surface area contributed by atoms with Crippen molar-refractivity contribution in [3.05, 3.63) is 36.2 Å². The van der Waals surface area contributed by atoms with E-state index in [9.17, 15) is 4.79 Å². The van der Waals surface area contributed by atoms with E-state index in [1.54, 1.807) is 6.33 Å². The summed E-state index contributed by atoms with van der Waals surface area (Å²) < 4.78 is 5.17. The molecule has 0 radical (unpaired) electrons. The minimum Gasteiger partial charge on any atom is -0.369 e. The van der Waals surface area contributed by atoms with Crippen molar-refractivity contribution in [2.75, 3.05) is 55.6 Å². The summed E-state index contributed by atoms with van der Waals surface area (Å²) in [5.41, 5.74) is 2.93. The first-order valence-corrected chi connectivity index (χ1v) is 13.5. The minimum atomic E-state index is -0.313. The van der Waals surface area contributed by atoms with Crippen LogP contribution in [0, 0.1) is 5.92 Å². The van der Waals surface area contributed by atoms with E-state index in [1.165, 1.54) is 5.69 Å². The van der Waals surface area contributed by atoms with E-state index in [-0.39, 0.29) is 17.2 Å². The third kappa shape index (κ3) is 4.78. The molecule has 0 aliphatic carbocycles. The maximum Gasteiger partial charge on any atom is 0.315 e. The largest absolute Gasteiger partial charge is 0.369 e. The molecule has 0 atom stereocenters. The second-order valence-electron chi connectivity index (χ2n) is 11.3. The van der Waals surface area contributed by atoms with E-state index < -0.39 is 0 Å². The fraction of sp³-hybridized carbons (Fsp3) is 0.519. The lowest BCUT2D eigenvalue weighted by molar-refractivity contribution is 0.0901. The van der Waals surface area contributed by atoms with Crippen LogP contribution in [0.3, 0.4) is 0 Å². The Morgan fingerprint density at radius 1 is 1.11 bits per heavy atom. The fourth-order valence-corrected chi connectivity index (χ4v) is 5.34. The third-order valence-corrected chi connectivity index (χ3v) is 7.59. The van der Waals surface area contributed by atoms with Crippen molar-refractivity contribution in [3.8, 4) is 0 Å². The zero-order valence-electron chi connectivity index (χ0n) is 22.3. The molecule has 3 aromatic heterocycles. The summed E-state index contributed by atoms with van der Waals surface area (Å²) >= 11 is 0. The van der Waals surface area contributed by atoms with Gasteiger partial charge in [0, 0.05) is 67.8 Å². The summed E-state index contributed by atoms with van der Waals surface area (Å²) in [5, 5.41) is 12.6. The number of hydrogen-bond donors (Lipinski definition) is 3. The number of carbonyl (C=O) groups excluding carboxylic acids is 1. The molecule has 0 spiro atoms. The monoisotopic (exact) mass is 517 g/mol. The van der Waals surface area contributed by atoms with E-state index >= 15 is 0 Å². The van der Waals surface area contributed by atoms with Gasteiger partial charge in [-0.1, -0.05) is 25.9 Å². The number of aromatic amines is 1. The molecule has 1 amide bonds. The number of fused-ring (bicyclic) bond motifs is 3. The van der Waals surface area contributed by atoms with E-state index in [1.807, 2.05) is 20.8 Å². The predicted molar refractivity (Wildman–Crippen MR) is 147 cm³/mol. The van der Waals surface area contributed by atoms with Gasteiger partial charge in [-0.3, -0.25) is 4.79 Å². The van der Waals surface area contributed by atoms with Gasteiger partial charge in [0.25, 0.3) is 0 Å². The number of rotatable bonds is 5.